The van der Waals surface area contributed by atoms with Gasteiger partial charge in [-0.05, 0) is 51.5 Å². The Morgan fingerprint density at radius 1 is 1.32 bits per heavy atom. The lowest BCUT2D eigenvalue weighted by atomic mass is 10.1. The van der Waals surface area contributed by atoms with Gasteiger partial charge in [0.05, 0.1) is 0 Å². The van der Waals surface area contributed by atoms with E-state index in [2.05, 4.69) is 59.5 Å². The molecule has 3 nitrogen and oxygen atoms in total. The fraction of sp³-hybridized carbons (Fsp3) is 0.625. The van der Waals surface area contributed by atoms with Crippen LogP contribution in [0.5, 0.6) is 0 Å². The molecular weight excluding hydrogens is 234 g/mol. The maximum atomic E-state index is 3.69. The average molecular weight is 261 g/mol. The van der Waals surface area contributed by atoms with Gasteiger partial charge in [0.1, 0.15) is 0 Å². The summed E-state index contributed by atoms with van der Waals surface area (Å²) >= 11 is 0. The van der Waals surface area contributed by atoms with Crippen LogP contribution in [-0.2, 0) is 0 Å². The van der Waals surface area contributed by atoms with Gasteiger partial charge in [-0.15, -0.1) is 0 Å². The van der Waals surface area contributed by atoms with Crippen molar-refractivity contribution in [3.63, 3.8) is 0 Å². The number of anilines is 1. The summed E-state index contributed by atoms with van der Waals surface area (Å²) in [5.74, 6) is 0. The van der Waals surface area contributed by atoms with Crippen LogP contribution >= 0.6 is 0 Å². The van der Waals surface area contributed by atoms with E-state index in [1.165, 1.54) is 38.0 Å². The second-order valence-corrected chi connectivity index (χ2v) is 5.67. The van der Waals surface area contributed by atoms with Crippen LogP contribution in [0.3, 0.4) is 0 Å². The maximum absolute atomic E-state index is 3.69. The van der Waals surface area contributed by atoms with Gasteiger partial charge in [-0.25, -0.2) is 0 Å². The topological polar surface area (TPSA) is 18.5 Å². The third-order valence-corrected chi connectivity index (χ3v) is 3.92. The highest BCUT2D eigenvalue weighted by atomic mass is 15.1. The fourth-order valence-electron chi connectivity index (χ4n) is 2.77. The first kappa shape index (κ1) is 14.4. The van der Waals surface area contributed by atoms with Gasteiger partial charge in [0.15, 0.2) is 0 Å². The van der Waals surface area contributed by atoms with E-state index in [1.54, 1.807) is 0 Å². The van der Waals surface area contributed by atoms with E-state index in [1.807, 2.05) is 0 Å². The smallest absolute Gasteiger partial charge is 0.0363 e. The maximum Gasteiger partial charge on any atom is 0.0363 e. The molecule has 0 aromatic heterocycles. The van der Waals surface area contributed by atoms with Crippen LogP contribution in [0.2, 0.25) is 0 Å². The van der Waals surface area contributed by atoms with E-state index in [4.69, 9.17) is 0 Å². The molecule has 1 aromatic carbocycles. The molecule has 0 saturated carbocycles. The lowest BCUT2D eigenvalue weighted by Gasteiger charge is -2.30. The summed E-state index contributed by atoms with van der Waals surface area (Å²) in [6, 6.07) is 11.3. The summed E-state index contributed by atoms with van der Waals surface area (Å²) in [4.78, 5) is 4.76. The molecule has 1 unspecified atom stereocenters. The average Bonchev–Trinajstić information content (AvgIpc) is 2.44. The zero-order chi connectivity index (χ0) is 13.5. The monoisotopic (exact) mass is 261 g/mol. The molecule has 1 heterocycles. The Morgan fingerprint density at radius 3 is 2.84 bits per heavy atom. The van der Waals surface area contributed by atoms with Gasteiger partial charge in [-0.3, -0.25) is 0 Å². The minimum atomic E-state index is 0.695. The Kier molecular flexibility index (Phi) is 5.67. The number of para-hydroxylation sites is 1. The van der Waals surface area contributed by atoms with Crippen molar-refractivity contribution in [2.75, 3.05) is 45.2 Å². The molecule has 0 bridgehead atoms. The van der Waals surface area contributed by atoms with Crippen LogP contribution < -0.4 is 10.2 Å². The van der Waals surface area contributed by atoms with Crippen molar-refractivity contribution in [2.24, 2.45) is 0 Å². The van der Waals surface area contributed by atoms with Crippen LogP contribution in [0, 0.1) is 0 Å². The Hall–Kier alpha value is -1.06. The molecule has 0 amide bonds. The number of rotatable bonds is 6. The van der Waals surface area contributed by atoms with Crippen molar-refractivity contribution >= 4 is 5.69 Å². The second-order valence-electron chi connectivity index (χ2n) is 5.67. The lowest BCUT2D eigenvalue weighted by molar-refractivity contribution is 0.227. The number of hydrogen-bond acceptors (Lipinski definition) is 3. The van der Waals surface area contributed by atoms with Gasteiger partial charge in [0.25, 0.3) is 0 Å². The molecule has 106 valence electrons. The first-order chi connectivity index (χ1) is 9.25. The first-order valence-electron chi connectivity index (χ1n) is 7.44. The molecule has 19 heavy (non-hydrogen) atoms. The standard InChI is InChI=1S/C16H27N3/c1-18-12-6-8-15(14-18)17-11-7-13-19(2)16-9-4-3-5-10-16/h3-5,9-10,15,17H,6-8,11-14H2,1-2H3. The Labute approximate surface area is 117 Å². The van der Waals surface area contributed by atoms with Gasteiger partial charge in [0, 0.05) is 31.9 Å². The van der Waals surface area contributed by atoms with Crippen LogP contribution in [0.15, 0.2) is 30.3 Å². The summed E-state index contributed by atoms with van der Waals surface area (Å²) in [6.45, 7) is 4.69. The molecule has 0 radical (unpaired) electrons. The highest BCUT2D eigenvalue weighted by Gasteiger charge is 2.15. The molecule has 0 spiro atoms. The minimum Gasteiger partial charge on any atom is -0.375 e. The van der Waals surface area contributed by atoms with Crippen LogP contribution in [0.4, 0.5) is 5.69 Å². The van der Waals surface area contributed by atoms with E-state index < -0.39 is 0 Å². The van der Waals surface area contributed by atoms with Crippen LogP contribution in [0.1, 0.15) is 19.3 Å². The van der Waals surface area contributed by atoms with E-state index in [-0.39, 0.29) is 0 Å². The van der Waals surface area contributed by atoms with Crippen molar-refractivity contribution in [2.45, 2.75) is 25.3 Å². The SMILES string of the molecule is CN1CCCC(NCCCN(C)c2ccccc2)C1. The van der Waals surface area contributed by atoms with Crippen molar-refractivity contribution < 1.29 is 0 Å². The summed E-state index contributed by atoms with van der Waals surface area (Å²) in [7, 11) is 4.39. The number of hydrogen-bond donors (Lipinski definition) is 1. The second kappa shape index (κ2) is 7.51. The molecule has 1 atom stereocenters. The molecule has 2 rings (SSSR count). The Bertz CT molecular complexity index is 352. The number of likely N-dealkylation sites (N-methyl/N-ethyl adjacent to an activating group) is 1. The normalized spacial score (nSPS) is 20.4. The first-order valence-corrected chi connectivity index (χ1v) is 7.44. The molecule has 1 N–H and O–H groups in total. The molecule has 3 heteroatoms. The number of piperidine rings is 1. The summed E-state index contributed by atoms with van der Waals surface area (Å²) < 4.78 is 0. The van der Waals surface area contributed by atoms with E-state index in [0.29, 0.717) is 6.04 Å². The van der Waals surface area contributed by atoms with E-state index in [9.17, 15) is 0 Å². The summed E-state index contributed by atoms with van der Waals surface area (Å²) in [5.41, 5.74) is 1.31. The predicted octanol–water partition coefficient (Wildman–Crippen LogP) is 2.20. The molecule has 1 aromatic rings. The van der Waals surface area contributed by atoms with Gasteiger partial charge in [-0.1, -0.05) is 18.2 Å². The number of likely N-dealkylation sites (tertiary alicyclic amines) is 1. The lowest BCUT2D eigenvalue weighted by Crippen LogP contribution is -2.44. The number of nitrogens with zero attached hydrogens (tertiary/aromatic N) is 2. The quantitative estimate of drug-likeness (QED) is 0.792. The van der Waals surface area contributed by atoms with E-state index >= 15 is 0 Å². The highest BCUT2D eigenvalue weighted by Crippen LogP contribution is 2.11. The van der Waals surface area contributed by atoms with Gasteiger partial charge in [0.2, 0.25) is 0 Å². The van der Waals surface area contributed by atoms with E-state index in [0.717, 1.165) is 13.1 Å². The molecule has 0 aliphatic carbocycles. The molecule has 1 saturated heterocycles. The molecular formula is C16H27N3. The third kappa shape index (κ3) is 4.84. The van der Waals surface area contributed by atoms with Crippen LogP contribution in [-0.4, -0.2) is 51.2 Å². The zero-order valence-corrected chi connectivity index (χ0v) is 12.3. The number of benzene rings is 1. The fourth-order valence-corrected chi connectivity index (χ4v) is 2.77. The highest BCUT2D eigenvalue weighted by molar-refractivity contribution is 5.44. The molecule has 1 aliphatic heterocycles. The summed E-state index contributed by atoms with van der Waals surface area (Å²) in [5, 5.41) is 3.69. The molecule has 1 fully saturated rings. The van der Waals surface area contributed by atoms with Crippen molar-refractivity contribution in [1.29, 1.82) is 0 Å². The van der Waals surface area contributed by atoms with Gasteiger partial charge >= 0.3 is 0 Å². The van der Waals surface area contributed by atoms with Crippen molar-refractivity contribution in [3.8, 4) is 0 Å². The van der Waals surface area contributed by atoms with Crippen molar-refractivity contribution in [3.05, 3.63) is 30.3 Å². The predicted molar refractivity (Wildman–Crippen MR) is 82.9 cm³/mol. The number of nitrogens with one attached hydrogen (secondary N) is 1. The van der Waals surface area contributed by atoms with Gasteiger partial charge < -0.3 is 15.1 Å². The largest absolute Gasteiger partial charge is 0.375 e. The molecule has 1 aliphatic rings. The van der Waals surface area contributed by atoms with Gasteiger partial charge in [-0.2, -0.15) is 0 Å². The van der Waals surface area contributed by atoms with Crippen molar-refractivity contribution in [1.82, 2.24) is 10.2 Å². The van der Waals surface area contributed by atoms with Crippen LogP contribution in [0.25, 0.3) is 0 Å². The Balaban J connectivity index is 1.61. The Morgan fingerprint density at radius 2 is 2.11 bits per heavy atom. The zero-order valence-electron chi connectivity index (χ0n) is 12.3. The third-order valence-electron chi connectivity index (χ3n) is 3.92. The minimum absolute atomic E-state index is 0.695. The summed E-state index contributed by atoms with van der Waals surface area (Å²) in [6.07, 6.45) is 3.86.